The number of guanidine groups is 1. The SMILES string of the molecule is CCNC(=NCC1(O)CCc2ccccc21)N(C)Cc1ccccc1.I. The Balaban J connectivity index is 0.00000243. The smallest absolute Gasteiger partial charge is 0.194 e. The molecule has 0 amide bonds. The van der Waals surface area contributed by atoms with E-state index in [1.807, 2.05) is 43.4 Å². The molecular weight excluding hydrogens is 437 g/mol. The Hall–Kier alpha value is -1.60. The summed E-state index contributed by atoms with van der Waals surface area (Å²) in [6.45, 7) is 4.02. The van der Waals surface area contributed by atoms with Gasteiger partial charge in [-0.2, -0.15) is 0 Å². The van der Waals surface area contributed by atoms with Crippen LogP contribution in [-0.2, 0) is 18.6 Å². The van der Waals surface area contributed by atoms with Gasteiger partial charge in [0.1, 0.15) is 5.60 Å². The third-order valence-corrected chi connectivity index (χ3v) is 4.78. The van der Waals surface area contributed by atoms with E-state index in [0.29, 0.717) is 6.54 Å². The van der Waals surface area contributed by atoms with Crippen LogP contribution in [0.4, 0.5) is 0 Å². The summed E-state index contributed by atoms with van der Waals surface area (Å²) in [5.74, 6) is 0.823. The maximum absolute atomic E-state index is 11.1. The number of aliphatic imine (C=N–C) groups is 1. The summed E-state index contributed by atoms with van der Waals surface area (Å²) in [4.78, 5) is 6.84. The number of aryl methyl sites for hydroxylation is 1. The van der Waals surface area contributed by atoms with E-state index in [4.69, 9.17) is 4.99 Å². The lowest BCUT2D eigenvalue weighted by Crippen LogP contribution is -2.40. The van der Waals surface area contributed by atoms with E-state index in [2.05, 4.69) is 35.3 Å². The highest BCUT2D eigenvalue weighted by molar-refractivity contribution is 14.0. The third-order valence-electron chi connectivity index (χ3n) is 4.78. The Bertz CT molecular complexity index is 735. The van der Waals surface area contributed by atoms with E-state index < -0.39 is 5.60 Å². The number of rotatable bonds is 5. The summed E-state index contributed by atoms with van der Waals surface area (Å²) in [5, 5.41) is 14.4. The summed E-state index contributed by atoms with van der Waals surface area (Å²) in [6.07, 6.45) is 1.65. The van der Waals surface area contributed by atoms with Gasteiger partial charge in [0.05, 0.1) is 6.54 Å². The van der Waals surface area contributed by atoms with Crippen LogP contribution in [0.3, 0.4) is 0 Å². The van der Waals surface area contributed by atoms with Crippen LogP contribution in [0.15, 0.2) is 59.6 Å². The van der Waals surface area contributed by atoms with Gasteiger partial charge in [0.2, 0.25) is 0 Å². The van der Waals surface area contributed by atoms with Gasteiger partial charge in [-0.25, -0.2) is 4.99 Å². The standard InChI is InChI=1S/C21H27N3O.HI/c1-3-22-20(24(2)15-17-9-5-4-6-10-17)23-16-21(25)14-13-18-11-7-8-12-19(18)21;/h4-12,25H,3,13-16H2,1-2H3,(H,22,23);1H. The van der Waals surface area contributed by atoms with Crippen LogP contribution in [0.1, 0.15) is 30.0 Å². The van der Waals surface area contributed by atoms with Gasteiger partial charge in [-0.15, -0.1) is 24.0 Å². The van der Waals surface area contributed by atoms with E-state index in [1.54, 1.807) is 0 Å². The zero-order valence-corrected chi connectivity index (χ0v) is 17.8. The third kappa shape index (κ3) is 4.76. The molecule has 0 aromatic heterocycles. The van der Waals surface area contributed by atoms with Crippen molar-refractivity contribution in [2.75, 3.05) is 20.1 Å². The fourth-order valence-corrected chi connectivity index (χ4v) is 3.44. The van der Waals surface area contributed by atoms with Crippen LogP contribution in [0.25, 0.3) is 0 Å². The fraction of sp³-hybridized carbons (Fsp3) is 0.381. The maximum Gasteiger partial charge on any atom is 0.194 e. The Kier molecular flexibility index (Phi) is 7.46. The highest BCUT2D eigenvalue weighted by Crippen LogP contribution is 2.36. The van der Waals surface area contributed by atoms with Crippen LogP contribution >= 0.6 is 24.0 Å². The average Bonchev–Trinajstić information content (AvgIpc) is 2.97. The lowest BCUT2D eigenvalue weighted by Gasteiger charge is -2.26. The van der Waals surface area contributed by atoms with Crippen molar-refractivity contribution in [1.29, 1.82) is 0 Å². The molecule has 0 fully saturated rings. The van der Waals surface area contributed by atoms with E-state index in [1.165, 1.54) is 11.1 Å². The first-order chi connectivity index (χ1) is 12.1. The first-order valence-electron chi connectivity index (χ1n) is 8.96. The van der Waals surface area contributed by atoms with Crippen molar-refractivity contribution in [3.05, 3.63) is 71.3 Å². The molecule has 2 aromatic carbocycles. The summed E-state index contributed by atoms with van der Waals surface area (Å²) < 4.78 is 0. The number of halogens is 1. The molecule has 2 aromatic rings. The molecule has 5 heteroatoms. The second kappa shape index (κ2) is 9.37. The Labute approximate surface area is 173 Å². The molecule has 0 spiro atoms. The minimum Gasteiger partial charge on any atom is -0.383 e. The Morgan fingerprint density at radius 1 is 1.15 bits per heavy atom. The summed E-state index contributed by atoms with van der Waals surface area (Å²) in [5.41, 5.74) is 2.65. The molecule has 1 atom stereocenters. The highest BCUT2D eigenvalue weighted by Gasteiger charge is 2.36. The zero-order chi connectivity index (χ0) is 17.7. The molecule has 1 aliphatic carbocycles. The second-order valence-electron chi connectivity index (χ2n) is 6.70. The molecule has 1 unspecified atom stereocenters. The maximum atomic E-state index is 11.1. The van der Waals surface area contributed by atoms with Gasteiger partial charge in [0, 0.05) is 20.1 Å². The predicted molar refractivity (Wildman–Crippen MR) is 118 cm³/mol. The molecule has 4 nitrogen and oxygen atoms in total. The molecular formula is C21H28IN3O. The average molecular weight is 465 g/mol. The predicted octanol–water partition coefficient (Wildman–Crippen LogP) is 3.54. The zero-order valence-electron chi connectivity index (χ0n) is 15.5. The van der Waals surface area contributed by atoms with Gasteiger partial charge < -0.3 is 15.3 Å². The molecule has 0 radical (unpaired) electrons. The van der Waals surface area contributed by atoms with Crippen molar-refractivity contribution >= 4 is 29.9 Å². The van der Waals surface area contributed by atoms with Crippen molar-refractivity contribution in [2.24, 2.45) is 4.99 Å². The summed E-state index contributed by atoms with van der Waals surface area (Å²) in [7, 11) is 2.03. The molecule has 1 aliphatic rings. The summed E-state index contributed by atoms with van der Waals surface area (Å²) in [6, 6.07) is 18.5. The largest absolute Gasteiger partial charge is 0.383 e. The topological polar surface area (TPSA) is 47.9 Å². The van der Waals surface area contributed by atoms with Gasteiger partial charge in [-0.05, 0) is 36.5 Å². The van der Waals surface area contributed by atoms with Gasteiger partial charge in [-0.3, -0.25) is 0 Å². The number of fused-ring (bicyclic) bond motifs is 1. The van der Waals surface area contributed by atoms with E-state index in [-0.39, 0.29) is 24.0 Å². The lowest BCUT2D eigenvalue weighted by molar-refractivity contribution is 0.0483. The number of hydrogen-bond donors (Lipinski definition) is 2. The van der Waals surface area contributed by atoms with E-state index >= 15 is 0 Å². The molecule has 0 bridgehead atoms. The van der Waals surface area contributed by atoms with Crippen LogP contribution < -0.4 is 5.32 Å². The fourth-order valence-electron chi connectivity index (χ4n) is 3.44. The second-order valence-corrected chi connectivity index (χ2v) is 6.70. The van der Waals surface area contributed by atoms with Crippen LogP contribution in [-0.4, -0.2) is 36.1 Å². The normalized spacial score (nSPS) is 18.8. The highest BCUT2D eigenvalue weighted by atomic mass is 127. The van der Waals surface area contributed by atoms with Gasteiger partial charge in [-0.1, -0.05) is 54.6 Å². The molecule has 26 heavy (non-hydrogen) atoms. The Morgan fingerprint density at radius 2 is 1.85 bits per heavy atom. The molecule has 0 saturated heterocycles. The van der Waals surface area contributed by atoms with Crippen molar-refractivity contribution in [3.8, 4) is 0 Å². The van der Waals surface area contributed by atoms with Crippen LogP contribution in [0.5, 0.6) is 0 Å². The lowest BCUT2D eigenvalue weighted by atomic mass is 9.96. The number of nitrogens with one attached hydrogen (secondary N) is 1. The molecule has 3 rings (SSSR count). The van der Waals surface area contributed by atoms with Crippen molar-refractivity contribution in [1.82, 2.24) is 10.2 Å². The van der Waals surface area contributed by atoms with Gasteiger partial charge >= 0.3 is 0 Å². The van der Waals surface area contributed by atoms with Crippen LogP contribution in [0, 0.1) is 0 Å². The Morgan fingerprint density at radius 3 is 2.58 bits per heavy atom. The van der Waals surface area contributed by atoms with Crippen molar-refractivity contribution in [2.45, 2.75) is 31.9 Å². The number of hydrogen-bond acceptors (Lipinski definition) is 2. The van der Waals surface area contributed by atoms with E-state index in [9.17, 15) is 5.11 Å². The number of aliphatic hydroxyl groups is 1. The number of nitrogens with zero attached hydrogens (tertiary/aromatic N) is 2. The first-order valence-corrected chi connectivity index (χ1v) is 8.96. The quantitative estimate of drug-likeness (QED) is 0.404. The summed E-state index contributed by atoms with van der Waals surface area (Å²) >= 11 is 0. The van der Waals surface area contributed by atoms with Crippen LogP contribution in [0.2, 0.25) is 0 Å². The molecule has 2 N–H and O–H groups in total. The first kappa shape index (κ1) is 20.7. The van der Waals surface area contributed by atoms with Gasteiger partial charge in [0.15, 0.2) is 5.96 Å². The van der Waals surface area contributed by atoms with E-state index in [0.717, 1.165) is 37.5 Å². The molecule has 0 aliphatic heterocycles. The van der Waals surface area contributed by atoms with Crippen molar-refractivity contribution in [3.63, 3.8) is 0 Å². The monoisotopic (exact) mass is 465 g/mol. The minimum absolute atomic E-state index is 0. The number of benzene rings is 2. The van der Waals surface area contributed by atoms with Crippen molar-refractivity contribution < 1.29 is 5.11 Å². The molecule has 0 heterocycles. The molecule has 140 valence electrons. The minimum atomic E-state index is -0.856. The molecule has 0 saturated carbocycles. The van der Waals surface area contributed by atoms with Gasteiger partial charge in [0.25, 0.3) is 0 Å².